The minimum absolute atomic E-state index is 0.0329. The van der Waals surface area contributed by atoms with Gasteiger partial charge in [-0.1, -0.05) is 5.16 Å². The Kier molecular flexibility index (Phi) is 4.49. The van der Waals surface area contributed by atoms with Crippen molar-refractivity contribution in [2.45, 2.75) is 29.5 Å². The summed E-state index contributed by atoms with van der Waals surface area (Å²) in [5.41, 5.74) is 5.41. The summed E-state index contributed by atoms with van der Waals surface area (Å²) < 4.78 is 27.4. The molecule has 106 valence electrons. The molecule has 0 atom stereocenters. The van der Waals surface area contributed by atoms with Crippen molar-refractivity contribution in [3.8, 4) is 0 Å². The van der Waals surface area contributed by atoms with Gasteiger partial charge in [-0.2, -0.15) is 4.31 Å². The highest BCUT2D eigenvalue weighted by Crippen LogP contribution is 2.36. The zero-order valence-corrected chi connectivity index (χ0v) is 13.2. The number of nitrogens with two attached hydrogens (primary N) is 1. The maximum Gasteiger partial charge on any atom is 0.253 e. The van der Waals surface area contributed by atoms with Gasteiger partial charge in [-0.05, 0) is 40.2 Å². The molecule has 3 N–H and O–H groups in total. The van der Waals surface area contributed by atoms with E-state index in [4.69, 9.17) is 10.9 Å². The number of sulfonamides is 1. The highest BCUT2D eigenvalue weighted by atomic mass is 79.9. The second-order valence-electron chi connectivity index (χ2n) is 4.24. The van der Waals surface area contributed by atoms with E-state index >= 15 is 0 Å². The fraction of sp³-hybridized carbons (Fsp3) is 0.500. The van der Waals surface area contributed by atoms with Gasteiger partial charge in [-0.3, -0.25) is 0 Å². The summed E-state index contributed by atoms with van der Waals surface area (Å²) in [5.74, 6) is 0.0334. The standard InChI is InChI=1S/C10H14BrN3O3S2/c11-8-4-6-18-10(8)19(16,17)14(7-1-2-7)5-3-9(12)13-15/h4,6-7,15H,1-3,5H2,(H2,12,13). The average Bonchev–Trinajstić information content (AvgIpc) is 3.09. The lowest BCUT2D eigenvalue weighted by molar-refractivity contribution is 0.315. The lowest BCUT2D eigenvalue weighted by atomic mass is 10.4. The van der Waals surface area contributed by atoms with E-state index in [0.29, 0.717) is 8.68 Å². The number of hydrogen-bond donors (Lipinski definition) is 2. The van der Waals surface area contributed by atoms with Gasteiger partial charge in [0.15, 0.2) is 0 Å². The van der Waals surface area contributed by atoms with Gasteiger partial charge in [0.05, 0.1) is 0 Å². The van der Waals surface area contributed by atoms with Gasteiger partial charge in [0, 0.05) is 23.5 Å². The van der Waals surface area contributed by atoms with E-state index in [0.717, 1.165) is 12.8 Å². The number of thiophene rings is 1. The number of halogens is 1. The molecular weight excluding hydrogens is 354 g/mol. The fourth-order valence-corrected chi connectivity index (χ4v) is 5.82. The van der Waals surface area contributed by atoms with E-state index in [2.05, 4.69) is 21.1 Å². The topological polar surface area (TPSA) is 96.0 Å². The van der Waals surface area contributed by atoms with Crippen LogP contribution in [-0.4, -0.2) is 36.4 Å². The van der Waals surface area contributed by atoms with Crippen molar-refractivity contribution in [2.75, 3.05) is 6.54 Å². The summed E-state index contributed by atoms with van der Waals surface area (Å²) in [7, 11) is -3.52. The van der Waals surface area contributed by atoms with E-state index < -0.39 is 10.0 Å². The first-order valence-electron chi connectivity index (χ1n) is 5.68. The number of oxime groups is 1. The lowest BCUT2D eigenvalue weighted by Gasteiger charge is -2.20. The van der Waals surface area contributed by atoms with Crippen molar-refractivity contribution < 1.29 is 13.6 Å². The van der Waals surface area contributed by atoms with Crippen LogP contribution in [0.5, 0.6) is 0 Å². The summed E-state index contributed by atoms with van der Waals surface area (Å²) >= 11 is 4.43. The zero-order chi connectivity index (χ0) is 14.0. The molecule has 0 amide bonds. The van der Waals surface area contributed by atoms with Crippen molar-refractivity contribution >= 4 is 43.1 Å². The normalized spacial score (nSPS) is 17.1. The van der Waals surface area contributed by atoms with E-state index in [1.54, 1.807) is 11.4 Å². The van der Waals surface area contributed by atoms with Crippen LogP contribution >= 0.6 is 27.3 Å². The van der Waals surface area contributed by atoms with Crippen LogP contribution in [0.4, 0.5) is 0 Å². The van der Waals surface area contributed by atoms with Crippen LogP contribution in [0.1, 0.15) is 19.3 Å². The Morgan fingerprint density at radius 1 is 1.63 bits per heavy atom. The molecule has 0 bridgehead atoms. The van der Waals surface area contributed by atoms with Gasteiger partial charge in [0.1, 0.15) is 10.0 Å². The van der Waals surface area contributed by atoms with Crippen LogP contribution in [0.3, 0.4) is 0 Å². The molecule has 0 unspecified atom stereocenters. The monoisotopic (exact) mass is 367 g/mol. The van der Waals surface area contributed by atoms with Gasteiger partial charge in [0.25, 0.3) is 10.0 Å². The van der Waals surface area contributed by atoms with Gasteiger partial charge in [-0.15, -0.1) is 11.3 Å². The van der Waals surface area contributed by atoms with E-state index in [1.165, 1.54) is 15.6 Å². The largest absolute Gasteiger partial charge is 0.409 e. The Hall–Kier alpha value is -0.640. The van der Waals surface area contributed by atoms with Crippen LogP contribution in [0, 0.1) is 0 Å². The van der Waals surface area contributed by atoms with Crippen molar-refractivity contribution in [2.24, 2.45) is 10.9 Å². The van der Waals surface area contributed by atoms with Gasteiger partial charge < -0.3 is 10.9 Å². The molecular formula is C10H14BrN3O3S2. The molecule has 1 aromatic heterocycles. The molecule has 1 aliphatic carbocycles. The number of rotatable bonds is 6. The first kappa shape index (κ1) is 14.8. The Morgan fingerprint density at radius 3 is 2.79 bits per heavy atom. The maximum absolute atomic E-state index is 12.6. The minimum Gasteiger partial charge on any atom is -0.409 e. The Labute approximate surface area is 124 Å². The van der Waals surface area contributed by atoms with Crippen molar-refractivity contribution in [3.63, 3.8) is 0 Å². The molecule has 1 saturated carbocycles. The van der Waals surface area contributed by atoms with E-state index in [9.17, 15) is 8.42 Å². The smallest absolute Gasteiger partial charge is 0.253 e. The van der Waals surface area contributed by atoms with Crippen LogP contribution in [0.2, 0.25) is 0 Å². The molecule has 1 fully saturated rings. The van der Waals surface area contributed by atoms with Crippen LogP contribution < -0.4 is 5.73 Å². The number of amidine groups is 1. The van der Waals surface area contributed by atoms with Crippen molar-refractivity contribution in [1.82, 2.24) is 4.31 Å². The second-order valence-corrected chi connectivity index (χ2v) is 8.10. The summed E-state index contributed by atoms with van der Waals surface area (Å²) in [4.78, 5) is 0. The molecule has 0 radical (unpaired) electrons. The maximum atomic E-state index is 12.6. The highest BCUT2D eigenvalue weighted by molar-refractivity contribution is 9.10. The molecule has 1 heterocycles. The highest BCUT2D eigenvalue weighted by Gasteiger charge is 2.39. The van der Waals surface area contributed by atoms with E-state index in [-0.39, 0.29) is 24.8 Å². The predicted molar refractivity (Wildman–Crippen MR) is 77.0 cm³/mol. The third-order valence-corrected chi connectivity index (χ3v) is 7.40. The summed E-state index contributed by atoms with van der Waals surface area (Å²) in [6, 6.07) is 1.75. The third kappa shape index (κ3) is 3.28. The molecule has 19 heavy (non-hydrogen) atoms. The SMILES string of the molecule is NC(CCN(C1CC1)S(=O)(=O)c1sccc1Br)=NO. The second kappa shape index (κ2) is 5.78. The molecule has 0 aromatic carbocycles. The zero-order valence-electron chi connectivity index (χ0n) is 9.99. The van der Waals surface area contributed by atoms with Crippen LogP contribution in [0.15, 0.2) is 25.3 Å². The Bertz CT molecular complexity index is 581. The first-order chi connectivity index (χ1) is 8.96. The average molecular weight is 368 g/mol. The predicted octanol–water partition coefficient (Wildman–Crippen LogP) is 1.80. The van der Waals surface area contributed by atoms with Crippen LogP contribution in [0.25, 0.3) is 0 Å². The summed E-state index contributed by atoms with van der Waals surface area (Å²) in [6.07, 6.45) is 1.94. The first-order valence-corrected chi connectivity index (χ1v) is 8.79. The molecule has 1 aromatic rings. The summed E-state index contributed by atoms with van der Waals surface area (Å²) in [5, 5.41) is 13.1. The minimum atomic E-state index is -3.52. The van der Waals surface area contributed by atoms with Gasteiger partial charge in [-0.25, -0.2) is 8.42 Å². The molecule has 0 spiro atoms. The molecule has 6 nitrogen and oxygen atoms in total. The Balaban J connectivity index is 2.22. The van der Waals surface area contributed by atoms with Crippen molar-refractivity contribution in [1.29, 1.82) is 0 Å². The van der Waals surface area contributed by atoms with Crippen molar-refractivity contribution in [3.05, 3.63) is 15.9 Å². The Morgan fingerprint density at radius 2 is 2.32 bits per heavy atom. The number of nitrogens with zero attached hydrogens (tertiary/aromatic N) is 2. The lowest BCUT2D eigenvalue weighted by Crippen LogP contribution is -2.35. The molecule has 9 heteroatoms. The molecule has 0 saturated heterocycles. The molecule has 0 aliphatic heterocycles. The van der Waals surface area contributed by atoms with Gasteiger partial charge in [0.2, 0.25) is 0 Å². The van der Waals surface area contributed by atoms with Crippen LogP contribution in [-0.2, 0) is 10.0 Å². The quantitative estimate of drug-likeness (QED) is 0.346. The summed E-state index contributed by atoms with van der Waals surface area (Å²) in [6.45, 7) is 0.229. The fourth-order valence-electron chi connectivity index (χ4n) is 1.71. The molecule has 2 rings (SSSR count). The molecule has 1 aliphatic rings. The third-order valence-electron chi connectivity index (χ3n) is 2.80. The van der Waals surface area contributed by atoms with E-state index in [1.807, 2.05) is 0 Å². The van der Waals surface area contributed by atoms with Gasteiger partial charge >= 0.3 is 0 Å². The number of hydrogen-bond acceptors (Lipinski definition) is 5.